The van der Waals surface area contributed by atoms with E-state index in [-0.39, 0.29) is 24.2 Å². The number of hydrogen-bond donors (Lipinski definition) is 3. The van der Waals surface area contributed by atoms with Crippen molar-refractivity contribution in [3.05, 3.63) is 0 Å². The van der Waals surface area contributed by atoms with Gasteiger partial charge in [-0.05, 0) is 24.7 Å². The Kier molecular flexibility index (Phi) is 4.29. The highest BCUT2D eigenvalue weighted by atomic mass is 16.4. The predicted octanol–water partition coefficient (Wildman–Crippen LogP) is 0.485. The lowest BCUT2D eigenvalue weighted by atomic mass is 9.70. The van der Waals surface area contributed by atoms with Gasteiger partial charge >= 0.3 is 5.97 Å². The van der Waals surface area contributed by atoms with E-state index in [1.165, 1.54) is 6.42 Å². The highest BCUT2D eigenvalue weighted by molar-refractivity contribution is 5.82. The first-order valence-corrected chi connectivity index (χ1v) is 5.68. The maximum Gasteiger partial charge on any atom is 0.303 e. The Morgan fingerprint density at radius 1 is 1.50 bits per heavy atom. The zero-order valence-electron chi connectivity index (χ0n) is 9.66. The van der Waals surface area contributed by atoms with Gasteiger partial charge in [0, 0.05) is 13.0 Å². The largest absolute Gasteiger partial charge is 0.481 e. The summed E-state index contributed by atoms with van der Waals surface area (Å²) >= 11 is 0. The van der Waals surface area contributed by atoms with Crippen molar-refractivity contribution in [2.24, 2.45) is 11.1 Å². The van der Waals surface area contributed by atoms with E-state index in [0.717, 1.165) is 12.8 Å². The number of nitrogens with one attached hydrogen (secondary N) is 1. The molecule has 0 aromatic heterocycles. The van der Waals surface area contributed by atoms with E-state index in [2.05, 4.69) is 12.2 Å². The van der Waals surface area contributed by atoms with Crippen LogP contribution in [0.15, 0.2) is 0 Å². The van der Waals surface area contributed by atoms with E-state index in [0.29, 0.717) is 6.54 Å². The standard InChI is InChI=1S/C11H20N2O3/c1-11(5-2-6-11)7-13-10(16)8(12)3-4-9(14)15/h8H,2-7,12H2,1H3,(H,13,16)(H,14,15). The molecule has 0 radical (unpaired) electrons. The van der Waals surface area contributed by atoms with Gasteiger partial charge in [-0.15, -0.1) is 0 Å². The smallest absolute Gasteiger partial charge is 0.303 e. The summed E-state index contributed by atoms with van der Waals surface area (Å²) in [5.41, 5.74) is 5.80. The average Bonchev–Trinajstić information content (AvgIpc) is 2.19. The second-order valence-corrected chi connectivity index (χ2v) is 4.92. The summed E-state index contributed by atoms with van der Waals surface area (Å²) in [6.45, 7) is 2.78. The highest BCUT2D eigenvalue weighted by Crippen LogP contribution is 2.39. The van der Waals surface area contributed by atoms with E-state index < -0.39 is 12.0 Å². The molecule has 92 valence electrons. The monoisotopic (exact) mass is 228 g/mol. The van der Waals surface area contributed by atoms with E-state index in [1.54, 1.807) is 0 Å². The van der Waals surface area contributed by atoms with E-state index in [4.69, 9.17) is 10.8 Å². The molecule has 1 aliphatic carbocycles. The van der Waals surface area contributed by atoms with Gasteiger partial charge in [-0.2, -0.15) is 0 Å². The summed E-state index contributed by atoms with van der Waals surface area (Å²) in [5.74, 6) is -1.16. The fraction of sp³-hybridized carbons (Fsp3) is 0.818. The van der Waals surface area contributed by atoms with Crippen LogP contribution < -0.4 is 11.1 Å². The maximum absolute atomic E-state index is 11.5. The molecule has 4 N–H and O–H groups in total. The van der Waals surface area contributed by atoms with Gasteiger partial charge in [-0.25, -0.2) is 0 Å². The third kappa shape index (κ3) is 3.81. The molecule has 0 spiro atoms. The minimum absolute atomic E-state index is 0.0636. The molecule has 0 aliphatic heterocycles. The zero-order chi connectivity index (χ0) is 12.2. The lowest BCUT2D eigenvalue weighted by molar-refractivity contribution is -0.137. The average molecular weight is 228 g/mol. The van der Waals surface area contributed by atoms with Crippen LogP contribution in [0.1, 0.15) is 39.0 Å². The summed E-state index contributed by atoms with van der Waals surface area (Å²) in [4.78, 5) is 21.8. The summed E-state index contributed by atoms with van der Waals surface area (Å²) in [6, 6.07) is -0.709. The molecule has 0 aromatic carbocycles. The molecule has 1 rings (SSSR count). The second-order valence-electron chi connectivity index (χ2n) is 4.92. The Morgan fingerprint density at radius 3 is 2.56 bits per heavy atom. The number of amides is 1. The number of nitrogens with two attached hydrogens (primary N) is 1. The van der Waals surface area contributed by atoms with E-state index >= 15 is 0 Å². The molecule has 1 unspecified atom stereocenters. The molecule has 0 bridgehead atoms. The van der Waals surface area contributed by atoms with Crippen molar-refractivity contribution in [1.82, 2.24) is 5.32 Å². The van der Waals surface area contributed by atoms with E-state index in [9.17, 15) is 9.59 Å². The Balaban J connectivity index is 2.20. The van der Waals surface area contributed by atoms with Crippen LogP contribution in [0.4, 0.5) is 0 Å². The molecule has 0 heterocycles. The van der Waals surface area contributed by atoms with Crippen LogP contribution in [0.2, 0.25) is 0 Å². The molecule has 5 nitrogen and oxygen atoms in total. The van der Waals surface area contributed by atoms with Crippen LogP contribution in [-0.2, 0) is 9.59 Å². The number of carboxylic acids is 1. The van der Waals surface area contributed by atoms with Crippen molar-refractivity contribution in [1.29, 1.82) is 0 Å². The summed E-state index contributed by atoms with van der Waals surface area (Å²) < 4.78 is 0. The first kappa shape index (κ1) is 13.0. The van der Waals surface area contributed by atoms with Crippen LogP contribution >= 0.6 is 0 Å². The summed E-state index contributed by atoms with van der Waals surface area (Å²) in [6.07, 6.45) is 3.62. The number of rotatable bonds is 6. The topological polar surface area (TPSA) is 92.4 Å². The van der Waals surface area contributed by atoms with Gasteiger partial charge in [-0.3, -0.25) is 9.59 Å². The lowest BCUT2D eigenvalue weighted by Crippen LogP contribution is -2.46. The van der Waals surface area contributed by atoms with Crippen LogP contribution in [-0.4, -0.2) is 29.6 Å². The summed E-state index contributed by atoms with van der Waals surface area (Å²) in [5, 5.41) is 11.3. The normalized spacial score (nSPS) is 19.6. The molecule has 1 fully saturated rings. The first-order valence-electron chi connectivity index (χ1n) is 5.68. The fourth-order valence-corrected chi connectivity index (χ4v) is 1.80. The number of aliphatic carboxylic acids is 1. The molecule has 1 amide bonds. The molecule has 5 heteroatoms. The third-order valence-corrected chi connectivity index (χ3v) is 3.26. The van der Waals surface area contributed by atoms with Gasteiger partial charge in [0.2, 0.25) is 5.91 Å². The van der Waals surface area contributed by atoms with Crippen molar-refractivity contribution >= 4 is 11.9 Å². The molecule has 1 atom stereocenters. The predicted molar refractivity (Wildman–Crippen MR) is 59.8 cm³/mol. The van der Waals surface area contributed by atoms with Gasteiger partial charge in [0.25, 0.3) is 0 Å². The van der Waals surface area contributed by atoms with Gasteiger partial charge < -0.3 is 16.2 Å². The molecular weight excluding hydrogens is 208 g/mol. The lowest BCUT2D eigenvalue weighted by Gasteiger charge is -2.38. The number of hydrogen-bond acceptors (Lipinski definition) is 3. The number of carboxylic acid groups (broad SMARTS) is 1. The third-order valence-electron chi connectivity index (χ3n) is 3.26. The molecule has 1 aliphatic rings. The molecule has 16 heavy (non-hydrogen) atoms. The van der Waals surface area contributed by atoms with Crippen LogP contribution in [0.3, 0.4) is 0 Å². The van der Waals surface area contributed by atoms with Gasteiger partial charge in [0.05, 0.1) is 6.04 Å². The Labute approximate surface area is 95.4 Å². The van der Waals surface area contributed by atoms with Crippen molar-refractivity contribution < 1.29 is 14.7 Å². The van der Waals surface area contributed by atoms with Crippen LogP contribution in [0.25, 0.3) is 0 Å². The van der Waals surface area contributed by atoms with Crippen molar-refractivity contribution in [2.75, 3.05) is 6.54 Å². The minimum Gasteiger partial charge on any atom is -0.481 e. The Bertz CT molecular complexity index is 274. The Morgan fingerprint density at radius 2 is 2.12 bits per heavy atom. The van der Waals surface area contributed by atoms with Gasteiger partial charge in [-0.1, -0.05) is 13.3 Å². The first-order chi connectivity index (χ1) is 7.43. The second kappa shape index (κ2) is 5.30. The number of carbonyl (C=O) groups excluding carboxylic acids is 1. The van der Waals surface area contributed by atoms with Crippen molar-refractivity contribution in [3.63, 3.8) is 0 Å². The molecule has 1 saturated carbocycles. The van der Waals surface area contributed by atoms with Gasteiger partial charge in [0.15, 0.2) is 0 Å². The zero-order valence-corrected chi connectivity index (χ0v) is 9.66. The quantitative estimate of drug-likeness (QED) is 0.616. The summed E-state index contributed by atoms with van der Waals surface area (Å²) in [7, 11) is 0. The SMILES string of the molecule is CC1(CNC(=O)C(N)CCC(=O)O)CCC1. The van der Waals surface area contributed by atoms with E-state index in [1.807, 2.05) is 0 Å². The highest BCUT2D eigenvalue weighted by Gasteiger charge is 2.32. The van der Waals surface area contributed by atoms with Crippen LogP contribution in [0, 0.1) is 5.41 Å². The minimum atomic E-state index is -0.922. The van der Waals surface area contributed by atoms with Crippen molar-refractivity contribution in [2.45, 2.75) is 45.1 Å². The molecule has 0 saturated heterocycles. The molecular formula is C11H20N2O3. The molecule has 0 aromatic rings. The maximum atomic E-state index is 11.5. The number of carbonyl (C=O) groups is 2. The van der Waals surface area contributed by atoms with Gasteiger partial charge in [0.1, 0.15) is 0 Å². The fourth-order valence-electron chi connectivity index (χ4n) is 1.80. The van der Waals surface area contributed by atoms with Crippen molar-refractivity contribution in [3.8, 4) is 0 Å². The Hall–Kier alpha value is -1.10. The van der Waals surface area contributed by atoms with Crippen LogP contribution in [0.5, 0.6) is 0 Å².